The SMILES string of the molecule is Nc1ccc(C(=O)Nc2ccc(Br)cc2Br)nn1. The summed E-state index contributed by atoms with van der Waals surface area (Å²) < 4.78 is 1.69. The quantitative estimate of drug-likeness (QED) is 0.850. The number of benzene rings is 1. The lowest BCUT2D eigenvalue weighted by atomic mass is 10.3. The summed E-state index contributed by atoms with van der Waals surface area (Å²) in [5.74, 6) is -0.0677. The van der Waals surface area contributed by atoms with Gasteiger partial charge in [0.25, 0.3) is 5.91 Å². The molecule has 0 aliphatic heterocycles. The third-order valence-electron chi connectivity index (χ3n) is 2.10. The Balaban J connectivity index is 2.18. The first-order valence-corrected chi connectivity index (χ1v) is 6.50. The van der Waals surface area contributed by atoms with Gasteiger partial charge in [0.1, 0.15) is 5.82 Å². The smallest absolute Gasteiger partial charge is 0.276 e. The highest BCUT2D eigenvalue weighted by Gasteiger charge is 2.10. The van der Waals surface area contributed by atoms with E-state index >= 15 is 0 Å². The molecule has 2 rings (SSSR count). The largest absolute Gasteiger partial charge is 0.382 e. The number of hydrogen-bond acceptors (Lipinski definition) is 4. The van der Waals surface area contributed by atoms with Gasteiger partial charge in [0.15, 0.2) is 5.69 Å². The van der Waals surface area contributed by atoms with Gasteiger partial charge in [-0.15, -0.1) is 10.2 Å². The molecule has 0 fully saturated rings. The van der Waals surface area contributed by atoms with Crippen LogP contribution in [-0.4, -0.2) is 16.1 Å². The number of amides is 1. The molecule has 1 aromatic carbocycles. The maximum atomic E-state index is 11.9. The van der Waals surface area contributed by atoms with Gasteiger partial charge in [-0.05, 0) is 46.3 Å². The molecule has 0 saturated carbocycles. The number of carbonyl (C=O) groups is 1. The molecule has 0 saturated heterocycles. The Bertz CT molecular complexity index is 586. The molecular weight excluding hydrogens is 364 g/mol. The fourth-order valence-electron chi connectivity index (χ4n) is 1.24. The van der Waals surface area contributed by atoms with Gasteiger partial charge in [-0.1, -0.05) is 15.9 Å². The Morgan fingerprint density at radius 3 is 2.56 bits per heavy atom. The summed E-state index contributed by atoms with van der Waals surface area (Å²) in [4.78, 5) is 11.9. The Labute approximate surface area is 120 Å². The zero-order valence-corrected chi connectivity index (χ0v) is 12.2. The van der Waals surface area contributed by atoms with Crippen molar-refractivity contribution >= 4 is 49.3 Å². The Morgan fingerprint density at radius 2 is 1.94 bits per heavy atom. The highest BCUT2D eigenvalue weighted by molar-refractivity contribution is 9.11. The fourth-order valence-corrected chi connectivity index (χ4v) is 2.39. The van der Waals surface area contributed by atoms with Crippen LogP contribution in [0.15, 0.2) is 39.3 Å². The van der Waals surface area contributed by atoms with E-state index in [2.05, 4.69) is 47.4 Å². The third kappa shape index (κ3) is 3.05. The van der Waals surface area contributed by atoms with Crippen LogP contribution in [0, 0.1) is 0 Å². The number of nitrogen functional groups attached to an aromatic ring is 1. The zero-order chi connectivity index (χ0) is 13.1. The standard InChI is InChI=1S/C11H8Br2N4O/c12-6-1-2-8(7(13)5-6)15-11(18)9-3-4-10(14)17-16-9/h1-5H,(H2,14,17)(H,15,18). The van der Waals surface area contributed by atoms with E-state index in [1.807, 2.05) is 12.1 Å². The molecule has 1 amide bonds. The number of nitrogens with two attached hydrogens (primary N) is 1. The van der Waals surface area contributed by atoms with Crippen molar-refractivity contribution in [2.45, 2.75) is 0 Å². The van der Waals surface area contributed by atoms with Gasteiger partial charge >= 0.3 is 0 Å². The summed E-state index contributed by atoms with van der Waals surface area (Å²) in [6.45, 7) is 0. The lowest BCUT2D eigenvalue weighted by molar-refractivity contribution is 0.102. The number of nitrogens with zero attached hydrogens (tertiary/aromatic N) is 2. The molecule has 7 heteroatoms. The van der Waals surface area contributed by atoms with Crippen molar-refractivity contribution in [3.63, 3.8) is 0 Å². The van der Waals surface area contributed by atoms with Crippen molar-refractivity contribution in [2.75, 3.05) is 11.1 Å². The number of hydrogen-bond donors (Lipinski definition) is 2. The van der Waals surface area contributed by atoms with Crippen molar-refractivity contribution in [2.24, 2.45) is 0 Å². The van der Waals surface area contributed by atoms with Crippen LogP contribution in [0.5, 0.6) is 0 Å². The fraction of sp³-hybridized carbons (Fsp3) is 0. The van der Waals surface area contributed by atoms with Crippen LogP contribution in [0.2, 0.25) is 0 Å². The second-order valence-electron chi connectivity index (χ2n) is 3.42. The van der Waals surface area contributed by atoms with E-state index in [0.29, 0.717) is 5.69 Å². The third-order valence-corrected chi connectivity index (χ3v) is 3.25. The van der Waals surface area contributed by atoms with Crippen LogP contribution < -0.4 is 11.1 Å². The number of carbonyl (C=O) groups excluding carboxylic acids is 1. The van der Waals surface area contributed by atoms with Gasteiger partial charge in [0.05, 0.1) is 5.69 Å². The van der Waals surface area contributed by atoms with Gasteiger partial charge in [-0.2, -0.15) is 0 Å². The monoisotopic (exact) mass is 370 g/mol. The van der Waals surface area contributed by atoms with E-state index in [9.17, 15) is 4.79 Å². The average molecular weight is 372 g/mol. The highest BCUT2D eigenvalue weighted by atomic mass is 79.9. The minimum absolute atomic E-state index is 0.207. The number of aromatic nitrogens is 2. The minimum Gasteiger partial charge on any atom is -0.382 e. The van der Waals surface area contributed by atoms with Crippen LogP contribution in [0.1, 0.15) is 10.5 Å². The van der Waals surface area contributed by atoms with Crippen molar-refractivity contribution in [3.05, 3.63) is 45.0 Å². The van der Waals surface area contributed by atoms with E-state index < -0.39 is 0 Å². The van der Waals surface area contributed by atoms with Crippen LogP contribution in [-0.2, 0) is 0 Å². The summed E-state index contributed by atoms with van der Waals surface area (Å²) >= 11 is 6.70. The molecular formula is C11H8Br2N4O. The van der Waals surface area contributed by atoms with Crippen molar-refractivity contribution in [1.29, 1.82) is 0 Å². The van der Waals surface area contributed by atoms with Gasteiger partial charge in [-0.25, -0.2) is 0 Å². The van der Waals surface area contributed by atoms with Crippen LogP contribution in [0.4, 0.5) is 11.5 Å². The Morgan fingerprint density at radius 1 is 1.17 bits per heavy atom. The topological polar surface area (TPSA) is 80.9 Å². The number of rotatable bonds is 2. The molecule has 0 aliphatic carbocycles. The van der Waals surface area contributed by atoms with Gasteiger partial charge < -0.3 is 11.1 Å². The van der Waals surface area contributed by atoms with Crippen molar-refractivity contribution in [1.82, 2.24) is 10.2 Å². The van der Waals surface area contributed by atoms with E-state index in [4.69, 9.17) is 5.73 Å². The second kappa shape index (κ2) is 5.45. The predicted molar refractivity (Wildman–Crippen MR) is 76.2 cm³/mol. The average Bonchev–Trinajstić information content (AvgIpc) is 2.33. The molecule has 1 aromatic heterocycles. The maximum Gasteiger partial charge on any atom is 0.276 e. The first kappa shape index (κ1) is 13.0. The summed E-state index contributed by atoms with van der Waals surface area (Å²) in [5, 5.41) is 10.1. The summed E-state index contributed by atoms with van der Waals surface area (Å²) in [6.07, 6.45) is 0. The molecule has 3 N–H and O–H groups in total. The molecule has 1 heterocycles. The molecule has 0 bridgehead atoms. The van der Waals surface area contributed by atoms with Crippen LogP contribution in [0.25, 0.3) is 0 Å². The molecule has 0 unspecified atom stereocenters. The lowest BCUT2D eigenvalue weighted by Crippen LogP contribution is -2.14. The predicted octanol–water partition coefficient (Wildman–Crippen LogP) is 2.84. The summed E-state index contributed by atoms with van der Waals surface area (Å²) in [7, 11) is 0. The molecule has 0 aliphatic rings. The lowest BCUT2D eigenvalue weighted by Gasteiger charge is -2.06. The second-order valence-corrected chi connectivity index (χ2v) is 5.19. The summed E-state index contributed by atoms with van der Waals surface area (Å²) in [6, 6.07) is 8.49. The highest BCUT2D eigenvalue weighted by Crippen LogP contribution is 2.26. The van der Waals surface area contributed by atoms with E-state index in [1.54, 1.807) is 6.07 Å². The van der Waals surface area contributed by atoms with E-state index in [1.165, 1.54) is 12.1 Å². The van der Waals surface area contributed by atoms with Crippen molar-refractivity contribution in [3.8, 4) is 0 Å². The molecule has 5 nitrogen and oxygen atoms in total. The minimum atomic E-state index is -0.342. The molecule has 92 valence electrons. The van der Waals surface area contributed by atoms with Gasteiger partial charge in [-0.3, -0.25) is 4.79 Å². The number of anilines is 2. The number of halogens is 2. The zero-order valence-electron chi connectivity index (χ0n) is 9.02. The molecule has 0 spiro atoms. The normalized spacial score (nSPS) is 10.1. The first-order chi connectivity index (χ1) is 8.56. The van der Waals surface area contributed by atoms with Crippen molar-refractivity contribution < 1.29 is 4.79 Å². The van der Waals surface area contributed by atoms with Crippen LogP contribution in [0.3, 0.4) is 0 Å². The Hall–Kier alpha value is -1.47. The molecule has 0 radical (unpaired) electrons. The first-order valence-electron chi connectivity index (χ1n) is 4.92. The Kier molecular flexibility index (Phi) is 3.93. The van der Waals surface area contributed by atoms with E-state index in [0.717, 1.165) is 8.95 Å². The van der Waals surface area contributed by atoms with E-state index in [-0.39, 0.29) is 17.4 Å². The van der Waals surface area contributed by atoms with Gasteiger partial charge in [0, 0.05) is 8.95 Å². The molecule has 18 heavy (non-hydrogen) atoms. The van der Waals surface area contributed by atoms with Crippen LogP contribution >= 0.6 is 31.9 Å². The maximum absolute atomic E-state index is 11.9. The molecule has 0 atom stereocenters. The van der Waals surface area contributed by atoms with Gasteiger partial charge in [0.2, 0.25) is 0 Å². The molecule has 2 aromatic rings. The number of nitrogens with one attached hydrogen (secondary N) is 1. The summed E-state index contributed by atoms with van der Waals surface area (Å²) in [5.41, 5.74) is 6.26.